The van der Waals surface area contributed by atoms with E-state index < -0.39 is 10.7 Å². The van der Waals surface area contributed by atoms with Gasteiger partial charge in [-0.05, 0) is 55.3 Å². The van der Waals surface area contributed by atoms with Crippen LogP contribution in [0.3, 0.4) is 0 Å². The van der Waals surface area contributed by atoms with Gasteiger partial charge in [-0.1, -0.05) is 0 Å². The van der Waals surface area contributed by atoms with Gasteiger partial charge in [-0.15, -0.1) is 11.8 Å². The maximum atomic E-state index is 11.8. The third-order valence-electron chi connectivity index (χ3n) is 3.63. The van der Waals surface area contributed by atoms with E-state index in [-0.39, 0.29) is 41.6 Å². The van der Waals surface area contributed by atoms with Gasteiger partial charge in [0.2, 0.25) is 5.75 Å². The molecule has 0 saturated carbocycles. The fourth-order valence-electron chi connectivity index (χ4n) is 2.55. The summed E-state index contributed by atoms with van der Waals surface area (Å²) in [5.41, 5.74) is 0. The first-order valence-corrected chi connectivity index (χ1v) is 10.1. The fraction of sp³-hybridized carbons (Fsp3) is 0.278. The molecule has 1 unspecified atom stereocenters. The Morgan fingerprint density at radius 3 is 2.64 bits per heavy atom. The number of rotatable bonds is 6. The molecule has 1 aliphatic heterocycles. The Bertz CT molecular complexity index is 947. The smallest absolute Gasteiger partial charge is 0.504 e. The average Bonchev–Trinajstić information content (AvgIpc) is 2.95. The maximum Gasteiger partial charge on any atom is 0.513 e. The molecule has 1 heterocycles. The predicted molar refractivity (Wildman–Crippen MR) is 105 cm³/mol. The molecule has 2 aromatic carbocycles. The van der Waals surface area contributed by atoms with Crippen molar-refractivity contribution in [2.75, 3.05) is 13.2 Å². The second-order valence-electron chi connectivity index (χ2n) is 5.50. The highest BCUT2D eigenvalue weighted by molar-refractivity contribution is 8.26. The van der Waals surface area contributed by atoms with Crippen LogP contribution in [0.15, 0.2) is 29.2 Å². The lowest BCUT2D eigenvalue weighted by Crippen LogP contribution is -2.22. The highest BCUT2D eigenvalue weighted by atomic mass is 32.2. The number of hydrogen-bond acceptors (Lipinski definition) is 9. The second-order valence-corrected chi connectivity index (χ2v) is 8.05. The summed E-state index contributed by atoms with van der Waals surface area (Å²) in [7, 11) is 0. The van der Waals surface area contributed by atoms with Gasteiger partial charge in [0.25, 0.3) is 11.1 Å². The topological polar surface area (TPSA) is 111 Å². The molecule has 148 valence electrons. The Balaban J connectivity index is 1.99. The molecule has 1 atom stereocenters. The van der Waals surface area contributed by atoms with E-state index in [2.05, 4.69) is 5.32 Å². The number of ether oxygens (including phenoxy) is 3. The van der Waals surface area contributed by atoms with Crippen molar-refractivity contribution < 1.29 is 33.7 Å². The largest absolute Gasteiger partial charge is 0.513 e. The Hall–Kier alpha value is -2.59. The number of fused-ring (bicyclic) bond motifs is 1. The van der Waals surface area contributed by atoms with Crippen LogP contribution < -0.4 is 14.8 Å². The average molecular weight is 423 g/mol. The van der Waals surface area contributed by atoms with Gasteiger partial charge in [-0.2, -0.15) is 0 Å². The third kappa shape index (κ3) is 4.28. The molecular formula is C18H17NO7S2. The lowest BCUT2D eigenvalue weighted by Gasteiger charge is -2.15. The number of amides is 2. The number of nitrogens with one attached hydrogen (secondary N) is 1. The molecule has 2 N–H and O–H groups in total. The van der Waals surface area contributed by atoms with E-state index in [1.807, 2.05) is 0 Å². The van der Waals surface area contributed by atoms with Crippen molar-refractivity contribution in [1.82, 2.24) is 5.32 Å². The van der Waals surface area contributed by atoms with Crippen LogP contribution in [0.1, 0.15) is 13.8 Å². The first-order chi connectivity index (χ1) is 13.4. The predicted octanol–water partition coefficient (Wildman–Crippen LogP) is 3.88. The van der Waals surface area contributed by atoms with Crippen LogP contribution in [0.4, 0.5) is 9.59 Å². The van der Waals surface area contributed by atoms with Crippen LogP contribution in [0.5, 0.6) is 17.2 Å². The first-order valence-electron chi connectivity index (χ1n) is 8.38. The molecule has 0 bridgehead atoms. The minimum atomic E-state index is -0.911. The summed E-state index contributed by atoms with van der Waals surface area (Å²) in [4.78, 5) is 35.6. The number of phenols is 1. The van der Waals surface area contributed by atoms with Gasteiger partial charge in [0.15, 0.2) is 11.5 Å². The molecule has 2 aromatic rings. The van der Waals surface area contributed by atoms with Crippen LogP contribution in [0.25, 0.3) is 10.8 Å². The molecule has 10 heteroatoms. The number of hydrogen-bond donors (Lipinski definition) is 2. The molecule has 8 nitrogen and oxygen atoms in total. The summed E-state index contributed by atoms with van der Waals surface area (Å²) < 4.78 is 14.9. The number of aromatic hydroxyl groups is 1. The third-order valence-corrected chi connectivity index (χ3v) is 5.91. The molecule has 0 aromatic heterocycles. The summed E-state index contributed by atoms with van der Waals surface area (Å²) in [5, 5.41) is 13.3. The van der Waals surface area contributed by atoms with E-state index in [0.29, 0.717) is 15.7 Å². The summed E-state index contributed by atoms with van der Waals surface area (Å²) in [6.45, 7) is 3.79. The van der Waals surface area contributed by atoms with E-state index in [9.17, 15) is 19.5 Å². The second kappa shape index (κ2) is 8.61. The molecule has 1 fully saturated rings. The standard InChI is InChI=1S/C18H17NO7S2/c1-3-24-14-12(20)8-9-7-10(27-16-15(21)19-17(22)28-16)5-6-11(9)13(14)26-18(23)25-4-2/h5-8,16,20H,3-4H2,1-2H3,(H,19,21,22). The quantitative estimate of drug-likeness (QED) is 0.528. The van der Waals surface area contributed by atoms with Crippen molar-refractivity contribution in [3.63, 3.8) is 0 Å². The van der Waals surface area contributed by atoms with Gasteiger partial charge in [0, 0.05) is 10.3 Å². The van der Waals surface area contributed by atoms with Crippen molar-refractivity contribution >= 4 is 51.6 Å². The van der Waals surface area contributed by atoms with E-state index in [1.165, 1.54) is 17.8 Å². The van der Waals surface area contributed by atoms with Crippen LogP contribution in [-0.4, -0.2) is 40.2 Å². The lowest BCUT2D eigenvalue weighted by molar-refractivity contribution is -0.117. The molecule has 0 radical (unpaired) electrons. The molecule has 0 aliphatic carbocycles. The molecule has 0 spiro atoms. The van der Waals surface area contributed by atoms with E-state index in [4.69, 9.17) is 14.2 Å². The van der Waals surface area contributed by atoms with Gasteiger partial charge in [-0.3, -0.25) is 14.9 Å². The van der Waals surface area contributed by atoms with Gasteiger partial charge in [0.05, 0.1) is 13.2 Å². The maximum absolute atomic E-state index is 11.8. The molecule has 3 rings (SSSR count). The molecule has 28 heavy (non-hydrogen) atoms. The van der Waals surface area contributed by atoms with Crippen LogP contribution in [-0.2, 0) is 9.53 Å². The SMILES string of the molecule is CCOC(=O)Oc1c(OCC)c(O)cc2cc(SC3SC(=O)NC3=O)ccc12. The van der Waals surface area contributed by atoms with Crippen molar-refractivity contribution in [1.29, 1.82) is 0 Å². The number of phenolic OH excluding ortho intramolecular Hbond substituents is 1. The van der Waals surface area contributed by atoms with Crippen molar-refractivity contribution in [3.05, 3.63) is 24.3 Å². The van der Waals surface area contributed by atoms with E-state index in [1.54, 1.807) is 32.0 Å². The van der Waals surface area contributed by atoms with Crippen LogP contribution >= 0.6 is 23.5 Å². The van der Waals surface area contributed by atoms with E-state index in [0.717, 1.165) is 11.8 Å². The zero-order valence-corrected chi connectivity index (χ0v) is 16.6. The lowest BCUT2D eigenvalue weighted by atomic mass is 10.1. The summed E-state index contributed by atoms with van der Waals surface area (Å²) in [6.07, 6.45) is -0.911. The van der Waals surface area contributed by atoms with Gasteiger partial charge < -0.3 is 19.3 Å². The summed E-state index contributed by atoms with van der Waals surface area (Å²) in [5.74, 6) is -0.463. The van der Waals surface area contributed by atoms with E-state index >= 15 is 0 Å². The Kier molecular flexibility index (Phi) is 6.20. The van der Waals surface area contributed by atoms with Crippen molar-refractivity contribution in [2.24, 2.45) is 0 Å². The van der Waals surface area contributed by atoms with Gasteiger partial charge in [-0.25, -0.2) is 4.79 Å². The zero-order chi connectivity index (χ0) is 20.3. The highest BCUT2D eigenvalue weighted by Gasteiger charge is 2.32. The monoisotopic (exact) mass is 423 g/mol. The summed E-state index contributed by atoms with van der Waals surface area (Å²) >= 11 is 2.12. The first kappa shape index (κ1) is 20.2. The number of carbonyl (C=O) groups excluding carboxylic acids is 3. The normalized spacial score (nSPS) is 16.1. The van der Waals surface area contributed by atoms with Gasteiger partial charge in [0.1, 0.15) is 4.58 Å². The fourth-order valence-corrected chi connectivity index (χ4v) is 4.61. The number of carbonyl (C=O) groups is 3. The highest BCUT2D eigenvalue weighted by Crippen LogP contribution is 2.45. The summed E-state index contributed by atoms with van der Waals surface area (Å²) in [6, 6.07) is 6.63. The number of benzene rings is 2. The number of thioether (sulfide) groups is 2. The Morgan fingerprint density at radius 1 is 1.21 bits per heavy atom. The molecule has 1 saturated heterocycles. The molecule has 1 aliphatic rings. The number of imide groups is 1. The zero-order valence-electron chi connectivity index (χ0n) is 15.0. The van der Waals surface area contributed by atoms with Crippen LogP contribution in [0, 0.1) is 0 Å². The van der Waals surface area contributed by atoms with Crippen molar-refractivity contribution in [3.8, 4) is 17.2 Å². The molecular weight excluding hydrogens is 406 g/mol. The van der Waals surface area contributed by atoms with Crippen molar-refractivity contribution in [2.45, 2.75) is 23.3 Å². The van der Waals surface area contributed by atoms with Crippen LogP contribution in [0.2, 0.25) is 0 Å². The Labute approximate surface area is 168 Å². The minimum absolute atomic E-state index is 0.0415. The molecule has 2 amide bonds. The minimum Gasteiger partial charge on any atom is -0.504 e. The Morgan fingerprint density at radius 2 is 2.00 bits per heavy atom. The van der Waals surface area contributed by atoms with Gasteiger partial charge >= 0.3 is 6.16 Å².